The van der Waals surface area contributed by atoms with Crippen LogP contribution in [0.15, 0.2) is 106 Å². The second-order valence-electron chi connectivity index (χ2n) is 7.94. The molecule has 0 heterocycles. The van der Waals surface area contributed by atoms with E-state index in [9.17, 15) is 4.79 Å². The number of carbonyl (C=O) groups is 1. The number of carbonyl (C=O) groups excluding carboxylic acids is 1. The second kappa shape index (κ2) is 7.54. The zero-order chi connectivity index (χ0) is 21.8. The Hall–Kier alpha value is -3.01. The largest absolute Gasteiger partial charge is 0.289 e. The molecule has 5 aromatic rings. The van der Waals surface area contributed by atoms with Crippen LogP contribution in [0.25, 0.3) is 32.7 Å². The summed E-state index contributed by atoms with van der Waals surface area (Å²) in [5.41, 5.74) is 3.45. The van der Waals surface area contributed by atoms with Gasteiger partial charge in [0.25, 0.3) is 0 Å². The number of ketones is 1. The molecule has 0 aliphatic heterocycles. The molecular weight excluding hydrogens is 524 g/mol. The summed E-state index contributed by atoms with van der Waals surface area (Å²) in [6.45, 7) is 0. The second-order valence-corrected chi connectivity index (χ2v) is 9.77. The Kier molecular flexibility index (Phi) is 4.63. The van der Waals surface area contributed by atoms with Crippen LogP contribution >= 0.6 is 31.9 Å². The predicted molar refractivity (Wildman–Crippen MR) is 139 cm³/mol. The first-order valence-electron chi connectivity index (χ1n) is 10.4. The Balaban J connectivity index is 1.97. The lowest BCUT2D eigenvalue weighted by molar-refractivity contribution is -0.108. The normalized spacial score (nSPS) is 13.2. The Bertz CT molecular complexity index is 1560. The average Bonchev–Trinajstić information content (AvgIpc) is 3.13. The molecule has 0 spiro atoms. The molecule has 1 aliphatic carbocycles. The Morgan fingerprint density at radius 1 is 0.469 bits per heavy atom. The molecule has 6 rings (SSSR count). The van der Waals surface area contributed by atoms with Crippen LogP contribution in [0.4, 0.5) is 0 Å². The van der Waals surface area contributed by atoms with Crippen LogP contribution in [0.2, 0.25) is 0 Å². The van der Waals surface area contributed by atoms with Crippen molar-refractivity contribution in [2.24, 2.45) is 0 Å². The molecule has 152 valence electrons. The lowest BCUT2D eigenvalue weighted by Crippen LogP contribution is -2.27. The van der Waals surface area contributed by atoms with Crippen molar-refractivity contribution in [2.45, 2.75) is 0 Å². The van der Waals surface area contributed by atoms with E-state index in [1.807, 2.05) is 60.7 Å². The van der Waals surface area contributed by atoms with Crippen LogP contribution < -0.4 is 10.4 Å². The van der Waals surface area contributed by atoms with Gasteiger partial charge in [0.1, 0.15) is 0 Å². The molecule has 0 aromatic heterocycles. The Morgan fingerprint density at radius 3 is 1.28 bits per heavy atom. The molecule has 0 amide bonds. The number of rotatable bonds is 2. The van der Waals surface area contributed by atoms with Crippen molar-refractivity contribution < 1.29 is 4.79 Å². The minimum Gasteiger partial charge on any atom is -0.289 e. The van der Waals surface area contributed by atoms with Gasteiger partial charge in [-0.1, -0.05) is 105 Å². The highest BCUT2D eigenvalue weighted by Gasteiger charge is 2.28. The van der Waals surface area contributed by atoms with Crippen molar-refractivity contribution >= 4 is 70.3 Å². The minimum atomic E-state index is 0.0806. The van der Waals surface area contributed by atoms with Crippen molar-refractivity contribution in [3.63, 3.8) is 0 Å². The Morgan fingerprint density at radius 2 is 0.875 bits per heavy atom. The van der Waals surface area contributed by atoms with E-state index in [-0.39, 0.29) is 5.78 Å². The maximum atomic E-state index is 14.1. The highest BCUT2D eigenvalue weighted by molar-refractivity contribution is 9.10. The maximum absolute atomic E-state index is 14.1. The van der Waals surface area contributed by atoms with Crippen molar-refractivity contribution in [1.82, 2.24) is 0 Å². The Labute approximate surface area is 202 Å². The predicted octanol–water partition coefficient (Wildman–Crippen LogP) is 6.50. The average molecular weight is 540 g/mol. The summed E-state index contributed by atoms with van der Waals surface area (Å²) in [6, 6.07) is 32.7. The minimum absolute atomic E-state index is 0.0806. The maximum Gasteiger partial charge on any atom is 0.195 e. The number of Topliss-reactive ketones (excluding diaryl/α,β-unsaturated/α-hetero) is 1. The number of hydrogen-bond acceptors (Lipinski definition) is 1. The van der Waals surface area contributed by atoms with Crippen LogP contribution in [0, 0.1) is 0 Å². The van der Waals surface area contributed by atoms with E-state index in [1.165, 1.54) is 0 Å². The molecule has 32 heavy (non-hydrogen) atoms. The monoisotopic (exact) mass is 538 g/mol. The summed E-state index contributed by atoms with van der Waals surface area (Å²) in [5, 5.41) is 6.49. The fourth-order valence-electron chi connectivity index (χ4n) is 4.82. The number of halogens is 2. The SMILES string of the molecule is O=C1C(c2ccccc2)=c2c(c3ccc(Br)cc3c3cc(Br)ccc23)=C1c1ccccc1. The van der Waals surface area contributed by atoms with Gasteiger partial charge in [-0.25, -0.2) is 0 Å². The molecular formula is C29H16Br2O. The van der Waals surface area contributed by atoms with Crippen LogP contribution in [0.1, 0.15) is 11.1 Å². The van der Waals surface area contributed by atoms with Gasteiger partial charge in [-0.2, -0.15) is 0 Å². The van der Waals surface area contributed by atoms with Gasteiger partial charge in [0.15, 0.2) is 5.78 Å². The zero-order valence-electron chi connectivity index (χ0n) is 16.9. The molecule has 1 nitrogen and oxygen atoms in total. The highest BCUT2D eigenvalue weighted by atomic mass is 79.9. The van der Waals surface area contributed by atoms with E-state index >= 15 is 0 Å². The third-order valence-electron chi connectivity index (χ3n) is 6.12. The summed E-state index contributed by atoms with van der Waals surface area (Å²) in [4.78, 5) is 14.1. The molecule has 5 aromatic carbocycles. The first-order valence-corrected chi connectivity index (χ1v) is 12.0. The third kappa shape index (κ3) is 2.92. The molecule has 1 aliphatic rings. The molecule has 0 saturated heterocycles. The van der Waals surface area contributed by atoms with Crippen LogP contribution in [-0.2, 0) is 4.79 Å². The van der Waals surface area contributed by atoms with E-state index in [0.717, 1.165) is 63.2 Å². The van der Waals surface area contributed by atoms with Gasteiger partial charge in [-0.3, -0.25) is 4.79 Å². The van der Waals surface area contributed by atoms with E-state index in [4.69, 9.17) is 0 Å². The summed E-state index contributed by atoms with van der Waals surface area (Å²) < 4.78 is 2.04. The third-order valence-corrected chi connectivity index (χ3v) is 7.11. The molecule has 0 unspecified atom stereocenters. The van der Waals surface area contributed by atoms with E-state index in [2.05, 4.69) is 68.3 Å². The van der Waals surface area contributed by atoms with Crippen LogP contribution in [0.5, 0.6) is 0 Å². The quantitative estimate of drug-likeness (QED) is 0.234. The molecule has 3 heteroatoms. The lowest BCUT2D eigenvalue weighted by Gasteiger charge is -2.09. The molecule has 0 radical (unpaired) electrons. The summed E-state index contributed by atoms with van der Waals surface area (Å²) in [6.07, 6.45) is 0. The summed E-state index contributed by atoms with van der Waals surface area (Å²) in [5.74, 6) is 0.0806. The van der Waals surface area contributed by atoms with E-state index in [1.54, 1.807) is 0 Å². The van der Waals surface area contributed by atoms with Crippen molar-refractivity contribution in [3.8, 4) is 0 Å². The van der Waals surface area contributed by atoms with Crippen LogP contribution in [-0.4, -0.2) is 5.78 Å². The fraction of sp³-hybridized carbons (Fsp3) is 0. The lowest BCUT2D eigenvalue weighted by atomic mass is 9.95. The smallest absolute Gasteiger partial charge is 0.195 e. The van der Waals surface area contributed by atoms with Gasteiger partial charge < -0.3 is 0 Å². The molecule has 0 bridgehead atoms. The first kappa shape index (κ1) is 19.7. The van der Waals surface area contributed by atoms with E-state index in [0.29, 0.717) is 0 Å². The van der Waals surface area contributed by atoms with Gasteiger partial charge >= 0.3 is 0 Å². The summed E-state index contributed by atoms with van der Waals surface area (Å²) in [7, 11) is 0. The highest BCUT2D eigenvalue weighted by Crippen LogP contribution is 2.32. The van der Waals surface area contributed by atoms with Crippen molar-refractivity contribution in [2.75, 3.05) is 0 Å². The van der Waals surface area contributed by atoms with Crippen LogP contribution in [0.3, 0.4) is 0 Å². The number of hydrogen-bond donors (Lipinski definition) is 0. The molecule has 0 fully saturated rings. The van der Waals surface area contributed by atoms with Gasteiger partial charge in [0, 0.05) is 30.5 Å². The number of benzene rings is 5. The topological polar surface area (TPSA) is 17.1 Å². The van der Waals surface area contributed by atoms with Gasteiger partial charge in [0.2, 0.25) is 0 Å². The van der Waals surface area contributed by atoms with Gasteiger partial charge in [-0.05, 0) is 56.9 Å². The molecule has 0 N–H and O–H groups in total. The summed E-state index contributed by atoms with van der Waals surface area (Å²) >= 11 is 7.29. The standard InChI is InChI=1S/C29H16Br2O/c30-19-11-13-21-23(15-19)24-16-20(31)12-14-22(24)28-26(18-9-5-2-6-10-18)29(32)25(27(21)28)17-7-3-1-4-8-17/h1-16H. The molecule has 0 saturated carbocycles. The number of fused-ring (bicyclic) bond motifs is 6. The zero-order valence-corrected chi connectivity index (χ0v) is 20.1. The van der Waals surface area contributed by atoms with Gasteiger partial charge in [0.05, 0.1) is 0 Å². The first-order chi connectivity index (χ1) is 15.6. The van der Waals surface area contributed by atoms with Gasteiger partial charge in [-0.15, -0.1) is 0 Å². The fourth-order valence-corrected chi connectivity index (χ4v) is 5.54. The van der Waals surface area contributed by atoms with E-state index < -0.39 is 0 Å². The van der Waals surface area contributed by atoms with Crippen molar-refractivity contribution in [1.29, 1.82) is 0 Å². The van der Waals surface area contributed by atoms with Crippen molar-refractivity contribution in [3.05, 3.63) is 128 Å². The molecule has 0 atom stereocenters.